The zero-order valence-corrected chi connectivity index (χ0v) is 18.7. The van der Waals surface area contributed by atoms with Crippen molar-refractivity contribution in [1.29, 1.82) is 0 Å². The molecule has 2 aromatic heterocycles. The highest BCUT2D eigenvalue weighted by atomic mass is 35.5. The molecule has 1 aliphatic heterocycles. The minimum absolute atomic E-state index is 0.278. The van der Waals surface area contributed by atoms with Crippen molar-refractivity contribution in [1.82, 2.24) is 14.8 Å². The Morgan fingerprint density at radius 3 is 2.66 bits per heavy atom. The predicted molar refractivity (Wildman–Crippen MR) is 115 cm³/mol. The summed E-state index contributed by atoms with van der Waals surface area (Å²) in [4.78, 5) is 45.0. The second-order valence-electron chi connectivity index (χ2n) is 7.15. The number of hydrogen-bond acceptors (Lipinski definition) is 6. The van der Waals surface area contributed by atoms with E-state index in [4.69, 9.17) is 23.2 Å². The summed E-state index contributed by atoms with van der Waals surface area (Å²) >= 11 is 14.6. The van der Waals surface area contributed by atoms with Gasteiger partial charge >= 0.3 is 6.03 Å². The van der Waals surface area contributed by atoms with Gasteiger partial charge in [0.05, 0.1) is 10.0 Å². The van der Waals surface area contributed by atoms with Crippen molar-refractivity contribution in [2.75, 3.05) is 18.9 Å². The van der Waals surface area contributed by atoms with E-state index in [1.54, 1.807) is 18.5 Å². The third-order valence-electron chi connectivity index (χ3n) is 5.47. The van der Waals surface area contributed by atoms with E-state index in [1.807, 2.05) is 0 Å². The molecule has 1 aliphatic carbocycles. The Kier molecular flexibility index (Phi) is 5.58. The maximum atomic E-state index is 13.0. The molecule has 0 atom stereocenters. The summed E-state index contributed by atoms with van der Waals surface area (Å²) < 4.78 is 1.07. The van der Waals surface area contributed by atoms with Crippen molar-refractivity contribution in [3.63, 3.8) is 0 Å². The average Bonchev–Trinajstić information content (AvgIpc) is 3.33. The number of thiazole rings is 1. The number of hydrogen-bond donors (Lipinski definition) is 1. The van der Waals surface area contributed by atoms with Gasteiger partial charge in [-0.05, 0) is 18.9 Å². The molecule has 0 aromatic carbocycles. The molecule has 1 spiro atoms. The molecule has 2 fully saturated rings. The molecule has 1 saturated heterocycles. The number of nitrogens with zero attached hydrogens (tertiary/aromatic N) is 3. The molecule has 11 heteroatoms. The van der Waals surface area contributed by atoms with Gasteiger partial charge in [-0.1, -0.05) is 42.5 Å². The summed E-state index contributed by atoms with van der Waals surface area (Å²) in [5.41, 5.74) is 0.510. The van der Waals surface area contributed by atoms with Crippen molar-refractivity contribution in [2.45, 2.75) is 37.6 Å². The van der Waals surface area contributed by atoms with E-state index in [2.05, 4.69) is 10.3 Å². The highest BCUT2D eigenvalue weighted by Gasteiger charge is 2.55. The van der Waals surface area contributed by atoms with Crippen LogP contribution in [0.1, 0.15) is 32.1 Å². The van der Waals surface area contributed by atoms with E-state index in [9.17, 15) is 14.4 Å². The number of amides is 4. The first-order valence-corrected chi connectivity index (χ1v) is 11.6. The maximum absolute atomic E-state index is 13.0. The Hall–Kier alpha value is -1.68. The molecule has 154 valence electrons. The Bertz CT molecular complexity index is 984. The fourth-order valence-electron chi connectivity index (χ4n) is 3.94. The molecule has 1 saturated carbocycles. The van der Waals surface area contributed by atoms with Crippen LogP contribution in [-0.2, 0) is 9.59 Å². The Morgan fingerprint density at radius 1 is 1.28 bits per heavy atom. The number of halogens is 2. The van der Waals surface area contributed by atoms with Gasteiger partial charge in [-0.25, -0.2) is 9.78 Å². The summed E-state index contributed by atoms with van der Waals surface area (Å²) in [6, 6.07) is 1.29. The van der Waals surface area contributed by atoms with Gasteiger partial charge in [0.1, 0.15) is 16.4 Å². The fourth-order valence-corrected chi connectivity index (χ4v) is 6.15. The summed E-state index contributed by atoms with van der Waals surface area (Å²) in [6.07, 6.45) is 4.15. The smallest absolute Gasteiger partial charge is 0.313 e. The van der Waals surface area contributed by atoms with Gasteiger partial charge < -0.3 is 10.2 Å². The summed E-state index contributed by atoms with van der Waals surface area (Å²) in [6.45, 7) is -0.330. The number of urea groups is 1. The highest BCUT2D eigenvalue weighted by Crippen LogP contribution is 2.40. The molecule has 0 bridgehead atoms. The van der Waals surface area contributed by atoms with Crippen LogP contribution in [0.2, 0.25) is 8.67 Å². The minimum Gasteiger partial charge on any atom is -0.313 e. The zero-order chi connectivity index (χ0) is 20.8. The number of aromatic nitrogens is 1. The maximum Gasteiger partial charge on any atom is 0.327 e. The van der Waals surface area contributed by atoms with Gasteiger partial charge in [-0.2, -0.15) is 0 Å². The first kappa shape index (κ1) is 20.6. The van der Waals surface area contributed by atoms with Crippen molar-refractivity contribution in [3.05, 3.63) is 20.1 Å². The standard InChI is InChI=1S/C18H18Cl2N4O3S2/c1-23-17(27)24(15(26)18(23)5-3-2-4-6-18)8-13(25)22-16-21-11(9-28-16)10-7-12(19)29-14(10)20/h7,9H,2-6,8H2,1H3,(H,21,22,25). The highest BCUT2D eigenvalue weighted by molar-refractivity contribution is 7.20. The molecule has 0 unspecified atom stereocenters. The third kappa shape index (κ3) is 3.65. The van der Waals surface area contributed by atoms with Gasteiger partial charge in [0.2, 0.25) is 5.91 Å². The van der Waals surface area contributed by atoms with Crippen LogP contribution in [0.25, 0.3) is 11.3 Å². The van der Waals surface area contributed by atoms with Crippen LogP contribution in [0, 0.1) is 0 Å². The quantitative estimate of drug-likeness (QED) is 0.652. The Balaban J connectivity index is 1.44. The second-order valence-corrected chi connectivity index (χ2v) is 10.3. The number of anilines is 1. The van der Waals surface area contributed by atoms with Gasteiger partial charge in [-0.3, -0.25) is 14.5 Å². The van der Waals surface area contributed by atoms with Crippen LogP contribution in [0.5, 0.6) is 0 Å². The molecule has 4 amide bonds. The van der Waals surface area contributed by atoms with E-state index in [1.165, 1.54) is 27.6 Å². The average molecular weight is 473 g/mol. The number of nitrogens with one attached hydrogen (secondary N) is 1. The predicted octanol–water partition coefficient (Wildman–Crippen LogP) is 4.71. The van der Waals surface area contributed by atoms with Gasteiger partial charge in [0.25, 0.3) is 5.91 Å². The molecular formula is C18H18Cl2N4O3S2. The molecule has 2 aromatic rings. The number of carbonyl (C=O) groups excluding carboxylic acids is 3. The lowest BCUT2D eigenvalue weighted by molar-refractivity contribution is -0.136. The van der Waals surface area contributed by atoms with Crippen molar-refractivity contribution in [3.8, 4) is 11.3 Å². The van der Waals surface area contributed by atoms with Gasteiger partial charge in [0.15, 0.2) is 5.13 Å². The number of likely N-dealkylation sites (N-methyl/N-ethyl adjacent to an activating group) is 1. The lowest BCUT2D eigenvalue weighted by Gasteiger charge is -2.35. The molecule has 0 radical (unpaired) electrons. The topological polar surface area (TPSA) is 82.6 Å². The molecule has 3 heterocycles. The number of imide groups is 1. The van der Waals surface area contributed by atoms with Crippen LogP contribution in [0.4, 0.5) is 9.93 Å². The Morgan fingerprint density at radius 2 is 2.00 bits per heavy atom. The monoisotopic (exact) mass is 472 g/mol. The van der Waals surface area contributed by atoms with Crippen LogP contribution in [-0.4, -0.2) is 51.8 Å². The molecule has 7 nitrogen and oxygen atoms in total. The van der Waals surface area contributed by atoms with E-state index in [0.29, 0.717) is 37.9 Å². The van der Waals surface area contributed by atoms with E-state index in [0.717, 1.165) is 24.2 Å². The second kappa shape index (κ2) is 7.86. The molecule has 4 rings (SSSR count). The fraction of sp³-hybridized carbons (Fsp3) is 0.444. The number of carbonyl (C=O) groups is 3. The van der Waals surface area contributed by atoms with Gasteiger partial charge in [0, 0.05) is 18.0 Å². The van der Waals surface area contributed by atoms with Crippen LogP contribution in [0.3, 0.4) is 0 Å². The number of rotatable bonds is 4. The summed E-state index contributed by atoms with van der Waals surface area (Å²) in [5, 5.41) is 4.79. The zero-order valence-electron chi connectivity index (χ0n) is 15.5. The molecule has 1 N–H and O–H groups in total. The minimum atomic E-state index is -0.793. The summed E-state index contributed by atoms with van der Waals surface area (Å²) in [5.74, 6) is -0.748. The lowest BCUT2D eigenvalue weighted by Crippen LogP contribution is -2.49. The molecular weight excluding hydrogens is 455 g/mol. The van der Waals surface area contributed by atoms with Crippen LogP contribution < -0.4 is 5.32 Å². The Labute approximate surface area is 185 Å². The largest absolute Gasteiger partial charge is 0.327 e. The van der Waals surface area contributed by atoms with E-state index < -0.39 is 17.5 Å². The van der Waals surface area contributed by atoms with Gasteiger partial charge in [-0.15, -0.1) is 22.7 Å². The first-order valence-electron chi connectivity index (χ1n) is 9.12. The number of thiophene rings is 1. The first-order chi connectivity index (χ1) is 13.8. The SMILES string of the molecule is CN1C(=O)N(CC(=O)Nc2nc(-c3cc(Cl)sc3Cl)cs2)C(=O)C12CCCCC2. The van der Waals surface area contributed by atoms with E-state index >= 15 is 0 Å². The summed E-state index contributed by atoms with van der Waals surface area (Å²) in [7, 11) is 1.65. The third-order valence-corrected chi connectivity index (χ3v) is 7.71. The molecule has 2 aliphatic rings. The normalized spacial score (nSPS) is 18.7. The van der Waals surface area contributed by atoms with Crippen LogP contribution in [0.15, 0.2) is 11.4 Å². The van der Waals surface area contributed by atoms with Crippen molar-refractivity contribution < 1.29 is 14.4 Å². The molecule has 29 heavy (non-hydrogen) atoms. The lowest BCUT2D eigenvalue weighted by atomic mass is 9.81. The van der Waals surface area contributed by atoms with E-state index in [-0.39, 0.29) is 12.5 Å². The van der Waals surface area contributed by atoms with Crippen LogP contribution >= 0.6 is 45.9 Å². The van der Waals surface area contributed by atoms with Crippen molar-refractivity contribution in [2.24, 2.45) is 0 Å². The van der Waals surface area contributed by atoms with Crippen molar-refractivity contribution >= 4 is 68.9 Å².